The summed E-state index contributed by atoms with van der Waals surface area (Å²) < 4.78 is 0. The highest BCUT2D eigenvalue weighted by molar-refractivity contribution is 5.97. The van der Waals surface area contributed by atoms with E-state index in [-0.39, 0.29) is 31.2 Å². The molecule has 2 aliphatic rings. The lowest BCUT2D eigenvalue weighted by atomic mass is 9.99. The summed E-state index contributed by atoms with van der Waals surface area (Å²) in [4.78, 5) is 68.3. The van der Waals surface area contributed by atoms with Gasteiger partial charge in [0.1, 0.15) is 24.2 Å². The number of nitrogens with zero attached hydrogens (tertiary/aromatic N) is 1. The van der Waals surface area contributed by atoms with Crippen molar-refractivity contribution in [2.24, 2.45) is 5.92 Å². The van der Waals surface area contributed by atoms with Gasteiger partial charge in [0.2, 0.25) is 29.5 Å². The molecular weight excluding hydrogens is 510 g/mol. The van der Waals surface area contributed by atoms with E-state index in [0.717, 1.165) is 11.1 Å². The van der Waals surface area contributed by atoms with Crippen LogP contribution in [0.2, 0.25) is 0 Å². The van der Waals surface area contributed by atoms with Crippen LogP contribution in [0, 0.1) is 5.92 Å². The molecule has 40 heavy (non-hydrogen) atoms. The van der Waals surface area contributed by atoms with E-state index in [0.29, 0.717) is 19.4 Å². The Labute approximate surface area is 234 Å². The van der Waals surface area contributed by atoms with E-state index >= 15 is 0 Å². The maximum atomic E-state index is 13.8. The lowest BCUT2D eigenvalue weighted by Crippen LogP contribution is -2.59. The number of nitrogens with one attached hydrogen (secondary N) is 4. The van der Waals surface area contributed by atoms with Gasteiger partial charge in [-0.1, -0.05) is 74.5 Å². The van der Waals surface area contributed by atoms with E-state index in [4.69, 9.17) is 0 Å². The predicted octanol–water partition coefficient (Wildman–Crippen LogP) is 0.703. The molecule has 2 aliphatic heterocycles. The summed E-state index contributed by atoms with van der Waals surface area (Å²) >= 11 is 0. The van der Waals surface area contributed by atoms with Crippen LogP contribution in [0.5, 0.6) is 0 Å². The van der Waals surface area contributed by atoms with Gasteiger partial charge in [-0.25, -0.2) is 0 Å². The summed E-state index contributed by atoms with van der Waals surface area (Å²) in [7, 11) is 0. The summed E-state index contributed by atoms with van der Waals surface area (Å²) in [5.41, 5.74) is 1.67. The fourth-order valence-corrected chi connectivity index (χ4v) is 5.19. The molecule has 2 fully saturated rings. The predicted molar refractivity (Wildman–Crippen MR) is 149 cm³/mol. The smallest absolute Gasteiger partial charge is 0.246 e. The van der Waals surface area contributed by atoms with Gasteiger partial charge < -0.3 is 26.2 Å². The van der Waals surface area contributed by atoms with Gasteiger partial charge in [0.15, 0.2) is 0 Å². The van der Waals surface area contributed by atoms with Gasteiger partial charge >= 0.3 is 0 Å². The molecular formula is C30H37N5O5. The van der Waals surface area contributed by atoms with Crippen molar-refractivity contribution in [1.82, 2.24) is 26.2 Å². The Morgan fingerprint density at radius 3 is 1.95 bits per heavy atom. The Balaban J connectivity index is 1.66. The Hall–Kier alpha value is -4.21. The normalized spacial score (nSPS) is 24.8. The van der Waals surface area contributed by atoms with Crippen molar-refractivity contribution in [3.63, 3.8) is 0 Å². The van der Waals surface area contributed by atoms with E-state index in [1.54, 1.807) is 13.8 Å². The number of carbonyl (C=O) groups is 5. The van der Waals surface area contributed by atoms with Crippen molar-refractivity contribution >= 4 is 29.5 Å². The largest absolute Gasteiger partial charge is 0.345 e. The van der Waals surface area contributed by atoms with E-state index in [2.05, 4.69) is 21.3 Å². The van der Waals surface area contributed by atoms with Crippen LogP contribution in [0.1, 0.15) is 37.8 Å². The zero-order chi connectivity index (χ0) is 28.6. The van der Waals surface area contributed by atoms with Crippen molar-refractivity contribution in [2.45, 2.75) is 63.7 Å². The average Bonchev–Trinajstić information content (AvgIpc) is 3.44. The number of amides is 5. The molecule has 10 nitrogen and oxygen atoms in total. The fourth-order valence-electron chi connectivity index (χ4n) is 5.19. The molecule has 5 amide bonds. The summed E-state index contributed by atoms with van der Waals surface area (Å²) in [5, 5.41) is 11.0. The molecule has 4 N–H and O–H groups in total. The molecule has 4 unspecified atom stereocenters. The summed E-state index contributed by atoms with van der Waals surface area (Å²) in [6, 6.07) is 14.9. The van der Waals surface area contributed by atoms with Gasteiger partial charge in [-0.05, 0) is 29.9 Å². The Bertz CT molecular complexity index is 1220. The van der Waals surface area contributed by atoms with Gasteiger partial charge in [-0.2, -0.15) is 0 Å². The van der Waals surface area contributed by atoms with Crippen LogP contribution in [-0.4, -0.2) is 71.7 Å². The second-order valence-electron chi connectivity index (χ2n) is 10.7. The lowest BCUT2D eigenvalue weighted by Gasteiger charge is -2.30. The molecule has 2 heterocycles. The molecule has 2 aromatic rings. The SMILES string of the molecule is CC(C)C1NC(=O)C(Cc2ccccc2)NC(=O)CNC(=O)C2CCCN2C(=O)C(Cc2ccccc2)NC1=O. The second kappa shape index (κ2) is 13.2. The minimum atomic E-state index is -0.976. The molecule has 0 radical (unpaired) electrons. The molecule has 212 valence electrons. The molecule has 0 aliphatic carbocycles. The molecule has 0 saturated carbocycles. The Kier molecular flexibility index (Phi) is 9.52. The van der Waals surface area contributed by atoms with E-state index in [9.17, 15) is 24.0 Å². The Morgan fingerprint density at radius 1 is 0.750 bits per heavy atom. The summed E-state index contributed by atoms with van der Waals surface area (Å²) in [6.07, 6.45) is 1.51. The standard InChI is InChI=1S/C30H37N5O5/c1-19(2)26-29(39)33-23(17-21-12-7-4-8-13-21)30(40)35-15-9-14-24(35)28(38)31-18-25(36)32-22(27(37)34-26)16-20-10-5-3-6-11-20/h3-8,10-13,19,22-24,26H,9,14-18H2,1-2H3,(H,31,38)(H,32,36)(H,33,39)(H,34,37). The van der Waals surface area contributed by atoms with E-state index < -0.39 is 47.8 Å². The first-order valence-corrected chi connectivity index (χ1v) is 13.8. The molecule has 0 aromatic heterocycles. The molecule has 4 atom stereocenters. The van der Waals surface area contributed by atoms with Crippen molar-refractivity contribution in [3.8, 4) is 0 Å². The summed E-state index contributed by atoms with van der Waals surface area (Å²) in [6.45, 7) is 3.63. The van der Waals surface area contributed by atoms with Gasteiger partial charge in [0.05, 0.1) is 6.54 Å². The molecule has 4 rings (SSSR count). The number of benzene rings is 2. The molecule has 0 spiro atoms. The molecule has 0 bridgehead atoms. The highest BCUT2D eigenvalue weighted by atomic mass is 16.2. The quantitative estimate of drug-likeness (QED) is 0.437. The van der Waals surface area contributed by atoms with Gasteiger partial charge in [0, 0.05) is 19.4 Å². The van der Waals surface area contributed by atoms with Crippen LogP contribution in [0.4, 0.5) is 0 Å². The van der Waals surface area contributed by atoms with Crippen LogP contribution in [0.3, 0.4) is 0 Å². The van der Waals surface area contributed by atoms with Crippen LogP contribution in [-0.2, 0) is 36.8 Å². The van der Waals surface area contributed by atoms with Crippen molar-refractivity contribution in [2.75, 3.05) is 13.1 Å². The Morgan fingerprint density at radius 2 is 1.35 bits per heavy atom. The third-order valence-electron chi connectivity index (χ3n) is 7.34. The maximum absolute atomic E-state index is 13.8. The average molecular weight is 548 g/mol. The third kappa shape index (κ3) is 7.25. The topological polar surface area (TPSA) is 137 Å². The monoisotopic (exact) mass is 547 g/mol. The fraction of sp³-hybridized carbons (Fsp3) is 0.433. The molecule has 2 aromatic carbocycles. The summed E-state index contributed by atoms with van der Waals surface area (Å²) in [5.74, 6) is -2.68. The third-order valence-corrected chi connectivity index (χ3v) is 7.34. The van der Waals surface area contributed by atoms with Crippen LogP contribution in [0.25, 0.3) is 0 Å². The van der Waals surface area contributed by atoms with Crippen molar-refractivity contribution < 1.29 is 24.0 Å². The number of fused-ring (bicyclic) bond motifs is 1. The number of carbonyl (C=O) groups excluding carboxylic acids is 5. The van der Waals surface area contributed by atoms with Crippen molar-refractivity contribution in [1.29, 1.82) is 0 Å². The van der Waals surface area contributed by atoms with Gasteiger partial charge in [0.25, 0.3) is 0 Å². The highest BCUT2D eigenvalue weighted by Crippen LogP contribution is 2.20. The minimum Gasteiger partial charge on any atom is -0.345 e. The van der Waals surface area contributed by atoms with Crippen LogP contribution >= 0.6 is 0 Å². The zero-order valence-corrected chi connectivity index (χ0v) is 22.9. The van der Waals surface area contributed by atoms with E-state index in [1.807, 2.05) is 60.7 Å². The van der Waals surface area contributed by atoms with Crippen LogP contribution in [0.15, 0.2) is 60.7 Å². The highest BCUT2D eigenvalue weighted by Gasteiger charge is 2.39. The molecule has 10 heteroatoms. The van der Waals surface area contributed by atoms with Crippen LogP contribution < -0.4 is 21.3 Å². The first-order chi connectivity index (χ1) is 19.2. The van der Waals surface area contributed by atoms with Gasteiger partial charge in [-0.3, -0.25) is 24.0 Å². The van der Waals surface area contributed by atoms with Gasteiger partial charge in [-0.15, -0.1) is 0 Å². The van der Waals surface area contributed by atoms with E-state index in [1.165, 1.54) is 4.90 Å². The number of hydrogen-bond acceptors (Lipinski definition) is 5. The minimum absolute atomic E-state index is 0.199. The van der Waals surface area contributed by atoms with Crippen molar-refractivity contribution in [3.05, 3.63) is 71.8 Å². The first-order valence-electron chi connectivity index (χ1n) is 13.8. The zero-order valence-electron chi connectivity index (χ0n) is 22.9. The molecule has 2 saturated heterocycles. The second-order valence-corrected chi connectivity index (χ2v) is 10.7. The lowest BCUT2D eigenvalue weighted by molar-refractivity contribution is -0.142. The maximum Gasteiger partial charge on any atom is 0.246 e. The number of rotatable bonds is 5. The number of hydrogen-bond donors (Lipinski definition) is 4. The first kappa shape index (κ1) is 28.8.